The fourth-order valence-corrected chi connectivity index (χ4v) is 5.88. The minimum Gasteiger partial charge on any atom is -0.457 e. The summed E-state index contributed by atoms with van der Waals surface area (Å²) in [6.45, 7) is 3.67. The van der Waals surface area contributed by atoms with E-state index in [1.165, 1.54) is 24.5 Å². The van der Waals surface area contributed by atoms with E-state index in [1.54, 1.807) is 35.0 Å². The molecule has 0 radical (unpaired) electrons. The zero-order chi connectivity index (χ0) is 29.1. The molecular formula is C29H31FN6O4S. The molecule has 0 amide bonds. The summed E-state index contributed by atoms with van der Waals surface area (Å²) in [5, 5.41) is 5.25. The van der Waals surface area contributed by atoms with Gasteiger partial charge in [-0.2, -0.15) is 5.10 Å². The van der Waals surface area contributed by atoms with E-state index in [1.807, 2.05) is 0 Å². The minimum absolute atomic E-state index is 0.0157. The summed E-state index contributed by atoms with van der Waals surface area (Å²) in [6.07, 6.45) is 8.90. The maximum atomic E-state index is 15.6. The highest BCUT2D eigenvalue weighted by atomic mass is 32.2. The molecule has 1 aliphatic rings. The molecular weight excluding hydrogens is 547 g/mol. The maximum absolute atomic E-state index is 15.6. The zero-order valence-electron chi connectivity index (χ0n) is 22.6. The summed E-state index contributed by atoms with van der Waals surface area (Å²) in [7, 11) is -3.47. The Balaban J connectivity index is 1.49. The number of benzene rings is 2. The maximum Gasteiger partial charge on any atom is 0.229 e. The Hall–Kier alpha value is -4.32. The largest absolute Gasteiger partial charge is 0.457 e. The molecule has 1 fully saturated rings. The molecule has 0 aliphatic heterocycles. The van der Waals surface area contributed by atoms with Crippen LogP contribution in [0.1, 0.15) is 44.6 Å². The van der Waals surface area contributed by atoms with Crippen molar-refractivity contribution in [2.45, 2.75) is 44.6 Å². The number of nitrogens with one attached hydrogen (secondary N) is 1. The van der Waals surface area contributed by atoms with Crippen LogP contribution in [0.25, 0.3) is 22.3 Å². The molecule has 10 nitrogen and oxygen atoms in total. The van der Waals surface area contributed by atoms with Crippen molar-refractivity contribution in [3.05, 3.63) is 67.3 Å². The van der Waals surface area contributed by atoms with Gasteiger partial charge in [0, 0.05) is 23.6 Å². The van der Waals surface area contributed by atoms with Gasteiger partial charge in [-0.15, -0.1) is 0 Å². The number of fused-ring (bicyclic) bond motifs is 1. The third-order valence-corrected chi connectivity index (χ3v) is 7.79. The highest BCUT2D eigenvalue weighted by Crippen LogP contribution is 2.38. The second-order valence-corrected chi connectivity index (χ2v) is 12.0. The van der Waals surface area contributed by atoms with Crippen molar-refractivity contribution in [1.82, 2.24) is 19.7 Å². The normalized spacial score (nSPS) is 17.9. The van der Waals surface area contributed by atoms with E-state index in [9.17, 15) is 13.2 Å². The first kappa shape index (κ1) is 28.2. The Morgan fingerprint density at radius 2 is 1.93 bits per heavy atom. The summed E-state index contributed by atoms with van der Waals surface area (Å²) in [5.74, 6) is -0.0376. The van der Waals surface area contributed by atoms with Gasteiger partial charge in [0.2, 0.25) is 10.0 Å². The second-order valence-electron chi connectivity index (χ2n) is 10.2. The number of sulfonamides is 1. The SMILES string of the molecule is C=CC(=O)C1CCCCCC(n2nc(-c3ccc(Oc4cccc(NS(C)(=O)=O)c4)cc3F)c3c(N)ncnc32)C1. The number of nitrogens with two attached hydrogens (primary N) is 1. The van der Waals surface area contributed by atoms with Crippen LogP contribution in [0.2, 0.25) is 0 Å². The number of aromatic nitrogens is 4. The van der Waals surface area contributed by atoms with Gasteiger partial charge in [-0.1, -0.05) is 31.9 Å². The van der Waals surface area contributed by atoms with Gasteiger partial charge in [-0.25, -0.2) is 27.5 Å². The summed E-state index contributed by atoms with van der Waals surface area (Å²) in [6, 6.07) is 10.6. The van der Waals surface area contributed by atoms with Gasteiger partial charge >= 0.3 is 0 Å². The van der Waals surface area contributed by atoms with Crippen LogP contribution in [-0.2, 0) is 14.8 Å². The number of hydrogen-bond acceptors (Lipinski definition) is 8. The van der Waals surface area contributed by atoms with E-state index in [0.717, 1.165) is 38.4 Å². The monoisotopic (exact) mass is 578 g/mol. The molecule has 1 saturated carbocycles. The average Bonchev–Trinajstić information content (AvgIpc) is 3.28. The Bertz CT molecular complexity index is 1720. The van der Waals surface area contributed by atoms with Crippen LogP contribution in [0.4, 0.5) is 15.9 Å². The molecule has 2 aromatic heterocycles. The van der Waals surface area contributed by atoms with E-state index < -0.39 is 15.8 Å². The molecule has 3 N–H and O–H groups in total. The minimum atomic E-state index is -3.47. The fraction of sp³-hybridized carbons (Fsp3) is 0.310. The molecule has 41 heavy (non-hydrogen) atoms. The first-order valence-electron chi connectivity index (χ1n) is 13.3. The van der Waals surface area contributed by atoms with Crippen molar-refractivity contribution in [3.63, 3.8) is 0 Å². The lowest BCUT2D eigenvalue weighted by molar-refractivity contribution is -0.119. The Kier molecular flexibility index (Phi) is 8.02. The average molecular weight is 579 g/mol. The van der Waals surface area contributed by atoms with Crippen molar-refractivity contribution >= 4 is 38.3 Å². The number of carbonyl (C=O) groups excluding carboxylic acids is 1. The van der Waals surface area contributed by atoms with Crippen molar-refractivity contribution in [2.75, 3.05) is 16.7 Å². The molecule has 5 rings (SSSR count). The van der Waals surface area contributed by atoms with E-state index in [2.05, 4.69) is 21.3 Å². The van der Waals surface area contributed by atoms with Crippen molar-refractivity contribution in [2.24, 2.45) is 5.92 Å². The number of allylic oxidation sites excluding steroid dienone is 1. The molecule has 4 aromatic rings. The fourth-order valence-electron chi connectivity index (χ4n) is 5.32. The highest BCUT2D eigenvalue weighted by molar-refractivity contribution is 7.92. The first-order valence-corrected chi connectivity index (χ1v) is 15.2. The van der Waals surface area contributed by atoms with Crippen LogP contribution in [-0.4, -0.2) is 40.2 Å². The Morgan fingerprint density at radius 3 is 2.68 bits per heavy atom. The van der Waals surface area contributed by atoms with Gasteiger partial charge < -0.3 is 10.5 Å². The lowest BCUT2D eigenvalue weighted by Crippen LogP contribution is -2.22. The predicted octanol–water partition coefficient (Wildman–Crippen LogP) is 5.65. The third kappa shape index (κ3) is 6.37. The number of ketones is 1. The molecule has 2 atom stereocenters. The molecule has 0 spiro atoms. The smallest absolute Gasteiger partial charge is 0.229 e. The van der Waals surface area contributed by atoms with Crippen molar-refractivity contribution < 1.29 is 22.3 Å². The van der Waals surface area contributed by atoms with E-state index in [0.29, 0.717) is 34.6 Å². The number of rotatable bonds is 8. The summed E-state index contributed by atoms with van der Waals surface area (Å²) < 4.78 is 48.7. The number of anilines is 2. The van der Waals surface area contributed by atoms with Gasteiger partial charge in [0.05, 0.1) is 23.4 Å². The van der Waals surface area contributed by atoms with Crippen LogP contribution in [0.3, 0.4) is 0 Å². The van der Waals surface area contributed by atoms with E-state index >= 15 is 4.39 Å². The van der Waals surface area contributed by atoms with E-state index in [4.69, 9.17) is 15.6 Å². The predicted molar refractivity (Wildman–Crippen MR) is 156 cm³/mol. The number of hydrogen-bond donors (Lipinski definition) is 2. The molecule has 1 aliphatic carbocycles. The highest BCUT2D eigenvalue weighted by Gasteiger charge is 2.28. The molecule has 2 unspecified atom stereocenters. The Morgan fingerprint density at radius 1 is 1.15 bits per heavy atom. The quantitative estimate of drug-likeness (QED) is 0.256. The lowest BCUT2D eigenvalue weighted by Gasteiger charge is -2.25. The summed E-state index contributed by atoms with van der Waals surface area (Å²) >= 11 is 0. The van der Waals surface area contributed by atoms with Gasteiger partial charge in [0.25, 0.3) is 0 Å². The topological polar surface area (TPSA) is 142 Å². The molecule has 214 valence electrons. The molecule has 0 bridgehead atoms. The standard InChI is InChI=1S/C29H31FN6O4S/c1-3-25(37)18-8-5-4-6-10-20(14-18)36-29-26(28(31)32-17-33-29)27(34-36)23-13-12-22(16-24(23)30)40-21-11-7-9-19(15-21)35-41(2,38)39/h3,7,9,11-13,15-18,20,35H,1,4-6,8,10,14H2,2H3,(H2,31,32,33). The number of nitrogen functional groups attached to an aromatic ring is 1. The zero-order valence-corrected chi connectivity index (χ0v) is 23.4. The molecule has 12 heteroatoms. The first-order chi connectivity index (χ1) is 19.6. The van der Waals surface area contributed by atoms with Gasteiger partial charge in [-0.3, -0.25) is 9.52 Å². The van der Waals surface area contributed by atoms with Crippen LogP contribution in [0.15, 0.2) is 61.4 Å². The van der Waals surface area contributed by atoms with Crippen LogP contribution < -0.4 is 15.2 Å². The second kappa shape index (κ2) is 11.7. The summed E-state index contributed by atoms with van der Waals surface area (Å²) in [5.41, 5.74) is 7.56. The Labute approximate surface area is 237 Å². The van der Waals surface area contributed by atoms with Crippen LogP contribution >= 0.6 is 0 Å². The van der Waals surface area contributed by atoms with E-state index in [-0.39, 0.29) is 34.9 Å². The number of ether oxygens (including phenoxy) is 1. The van der Waals surface area contributed by atoms with Crippen molar-refractivity contribution in [3.8, 4) is 22.8 Å². The van der Waals surface area contributed by atoms with Gasteiger partial charge in [-0.05, 0) is 49.6 Å². The number of nitrogens with zero attached hydrogens (tertiary/aromatic N) is 4. The van der Waals surface area contributed by atoms with Gasteiger partial charge in [0.15, 0.2) is 11.4 Å². The number of carbonyl (C=O) groups is 1. The molecule has 0 saturated heterocycles. The van der Waals surface area contributed by atoms with Crippen molar-refractivity contribution in [1.29, 1.82) is 0 Å². The summed E-state index contributed by atoms with van der Waals surface area (Å²) in [4.78, 5) is 21.1. The van der Waals surface area contributed by atoms with Crippen LogP contribution in [0, 0.1) is 11.7 Å². The molecule has 2 heterocycles. The van der Waals surface area contributed by atoms with Gasteiger partial charge in [0.1, 0.15) is 35.2 Å². The molecule has 2 aromatic carbocycles. The third-order valence-electron chi connectivity index (χ3n) is 7.18. The lowest BCUT2D eigenvalue weighted by atomic mass is 9.85. The van der Waals surface area contributed by atoms with Crippen LogP contribution in [0.5, 0.6) is 11.5 Å². The number of halogens is 1.